The van der Waals surface area contributed by atoms with Crippen molar-refractivity contribution in [1.82, 2.24) is 4.98 Å². The van der Waals surface area contributed by atoms with Crippen molar-refractivity contribution in [2.24, 2.45) is 0 Å². The first-order valence-electron chi connectivity index (χ1n) is 7.20. The molecule has 0 bridgehead atoms. The number of anilines is 2. The van der Waals surface area contributed by atoms with Crippen molar-refractivity contribution < 1.29 is 4.79 Å². The number of carbonyl (C=O) groups excluding carboxylic acids is 1. The molecule has 0 saturated carbocycles. The van der Waals surface area contributed by atoms with Crippen LogP contribution in [0.1, 0.15) is 29.9 Å². The highest BCUT2D eigenvalue weighted by atomic mass is 16.1. The molecule has 1 aromatic carbocycles. The Hall–Kier alpha value is -2.87. The van der Waals surface area contributed by atoms with E-state index in [9.17, 15) is 4.79 Å². The molecule has 112 valence electrons. The molecular weight excluding hydrogens is 276 g/mol. The molecule has 5 heteroatoms. The number of pyridine rings is 1. The van der Waals surface area contributed by atoms with Gasteiger partial charge in [-0.2, -0.15) is 5.26 Å². The van der Waals surface area contributed by atoms with E-state index >= 15 is 0 Å². The lowest BCUT2D eigenvalue weighted by Crippen LogP contribution is -2.23. The number of nitriles is 1. The fourth-order valence-electron chi connectivity index (χ4n) is 2.19. The molecule has 0 unspecified atom stereocenters. The number of benzene rings is 1. The number of rotatable bonds is 5. The van der Waals surface area contributed by atoms with Crippen LogP contribution in [0.5, 0.6) is 0 Å². The van der Waals surface area contributed by atoms with Gasteiger partial charge in [-0.15, -0.1) is 0 Å². The van der Waals surface area contributed by atoms with Gasteiger partial charge in [-0.25, -0.2) is 0 Å². The second-order valence-corrected chi connectivity index (χ2v) is 4.72. The average molecular weight is 294 g/mol. The van der Waals surface area contributed by atoms with Gasteiger partial charge in [-0.3, -0.25) is 9.78 Å². The molecule has 1 aromatic heterocycles. The molecule has 2 rings (SSSR count). The van der Waals surface area contributed by atoms with E-state index in [-0.39, 0.29) is 5.91 Å². The Morgan fingerprint density at radius 3 is 2.73 bits per heavy atom. The lowest BCUT2D eigenvalue weighted by Gasteiger charge is -2.21. The van der Waals surface area contributed by atoms with Crippen LogP contribution in [-0.2, 0) is 0 Å². The van der Waals surface area contributed by atoms with Gasteiger partial charge in [0.2, 0.25) is 0 Å². The first-order chi connectivity index (χ1) is 10.7. The molecule has 0 atom stereocenters. The van der Waals surface area contributed by atoms with Gasteiger partial charge in [0, 0.05) is 30.7 Å². The minimum absolute atomic E-state index is 0.288. The summed E-state index contributed by atoms with van der Waals surface area (Å²) < 4.78 is 0. The summed E-state index contributed by atoms with van der Waals surface area (Å²) in [6.45, 7) is 5.87. The third-order valence-electron chi connectivity index (χ3n) is 3.35. The Morgan fingerprint density at radius 2 is 2.05 bits per heavy atom. The van der Waals surface area contributed by atoms with Crippen LogP contribution in [0.4, 0.5) is 11.4 Å². The smallest absolute Gasteiger partial charge is 0.274 e. The predicted octanol–water partition coefficient (Wildman–Crippen LogP) is 3.05. The largest absolute Gasteiger partial charge is 0.372 e. The second-order valence-electron chi connectivity index (χ2n) is 4.72. The van der Waals surface area contributed by atoms with E-state index in [2.05, 4.69) is 29.0 Å². The standard InChI is InChI=1S/C17H18N4O/c1-3-21(4-2)15-8-9-19-16(11-15)17(22)20-14-7-5-6-13(10-14)12-18/h5-11H,3-4H2,1-2H3,(H,20,22). The minimum atomic E-state index is -0.288. The highest BCUT2D eigenvalue weighted by molar-refractivity contribution is 6.03. The first kappa shape index (κ1) is 15.5. The maximum Gasteiger partial charge on any atom is 0.274 e. The van der Waals surface area contributed by atoms with Gasteiger partial charge in [0.15, 0.2) is 0 Å². The van der Waals surface area contributed by atoms with E-state index in [0.717, 1.165) is 18.8 Å². The molecule has 1 heterocycles. The number of nitrogens with zero attached hydrogens (tertiary/aromatic N) is 3. The Bertz CT molecular complexity index is 702. The van der Waals surface area contributed by atoms with Crippen molar-refractivity contribution in [3.63, 3.8) is 0 Å². The first-order valence-corrected chi connectivity index (χ1v) is 7.20. The molecule has 22 heavy (non-hydrogen) atoms. The van der Waals surface area contributed by atoms with E-state index in [4.69, 9.17) is 5.26 Å². The summed E-state index contributed by atoms with van der Waals surface area (Å²) in [5.74, 6) is -0.288. The van der Waals surface area contributed by atoms with Crippen molar-refractivity contribution in [2.75, 3.05) is 23.3 Å². The van der Waals surface area contributed by atoms with Crippen LogP contribution >= 0.6 is 0 Å². The van der Waals surface area contributed by atoms with Gasteiger partial charge in [-0.1, -0.05) is 6.07 Å². The molecule has 1 amide bonds. The number of aromatic nitrogens is 1. The normalized spacial score (nSPS) is 9.86. The molecule has 1 N–H and O–H groups in total. The third kappa shape index (κ3) is 3.61. The van der Waals surface area contributed by atoms with E-state index in [0.29, 0.717) is 16.9 Å². The molecule has 0 aliphatic rings. The summed E-state index contributed by atoms with van der Waals surface area (Å²) in [5.41, 5.74) is 2.41. The zero-order valence-electron chi connectivity index (χ0n) is 12.7. The maximum atomic E-state index is 12.3. The summed E-state index contributed by atoms with van der Waals surface area (Å²) >= 11 is 0. The minimum Gasteiger partial charge on any atom is -0.372 e. The predicted molar refractivity (Wildman–Crippen MR) is 86.9 cm³/mol. The molecular formula is C17H18N4O. The lowest BCUT2D eigenvalue weighted by atomic mass is 10.2. The second kappa shape index (κ2) is 7.23. The van der Waals surface area contributed by atoms with E-state index in [1.165, 1.54) is 0 Å². The zero-order valence-corrected chi connectivity index (χ0v) is 12.7. The highest BCUT2D eigenvalue weighted by Gasteiger charge is 2.10. The fourth-order valence-corrected chi connectivity index (χ4v) is 2.19. The molecule has 0 fully saturated rings. The Morgan fingerprint density at radius 1 is 1.27 bits per heavy atom. The lowest BCUT2D eigenvalue weighted by molar-refractivity contribution is 0.102. The monoisotopic (exact) mass is 294 g/mol. The van der Waals surface area contributed by atoms with Gasteiger partial charge < -0.3 is 10.2 Å². The highest BCUT2D eigenvalue weighted by Crippen LogP contribution is 2.16. The molecule has 0 saturated heterocycles. The number of nitrogens with one attached hydrogen (secondary N) is 1. The van der Waals surface area contributed by atoms with Crippen molar-refractivity contribution in [3.05, 3.63) is 53.9 Å². The van der Waals surface area contributed by atoms with Crippen LogP contribution in [0.3, 0.4) is 0 Å². The molecule has 2 aromatic rings. The summed E-state index contributed by atoms with van der Waals surface area (Å²) in [6, 6.07) is 12.5. The van der Waals surface area contributed by atoms with Gasteiger partial charge in [0.1, 0.15) is 5.69 Å². The molecule has 0 aliphatic carbocycles. The Labute approximate surface area is 130 Å². The quantitative estimate of drug-likeness (QED) is 0.920. The van der Waals surface area contributed by atoms with Crippen molar-refractivity contribution in [1.29, 1.82) is 5.26 Å². The molecule has 0 radical (unpaired) electrons. The summed E-state index contributed by atoms with van der Waals surface area (Å²) in [4.78, 5) is 18.6. The topological polar surface area (TPSA) is 69.0 Å². The number of hydrogen-bond donors (Lipinski definition) is 1. The van der Waals surface area contributed by atoms with Crippen LogP contribution in [0.25, 0.3) is 0 Å². The van der Waals surface area contributed by atoms with Crippen molar-refractivity contribution in [3.8, 4) is 6.07 Å². The SMILES string of the molecule is CCN(CC)c1ccnc(C(=O)Nc2cccc(C#N)c2)c1. The number of amides is 1. The molecule has 5 nitrogen and oxygen atoms in total. The van der Waals surface area contributed by atoms with E-state index < -0.39 is 0 Å². The van der Waals surface area contributed by atoms with E-state index in [1.807, 2.05) is 12.1 Å². The van der Waals surface area contributed by atoms with Gasteiger partial charge in [-0.05, 0) is 44.2 Å². The van der Waals surface area contributed by atoms with Crippen molar-refractivity contribution >= 4 is 17.3 Å². The van der Waals surface area contributed by atoms with Gasteiger partial charge in [0.05, 0.1) is 11.6 Å². The molecule has 0 aliphatic heterocycles. The van der Waals surface area contributed by atoms with Crippen LogP contribution in [0.2, 0.25) is 0 Å². The summed E-state index contributed by atoms with van der Waals surface area (Å²) in [7, 11) is 0. The Balaban J connectivity index is 2.19. The van der Waals surface area contributed by atoms with Crippen LogP contribution in [0.15, 0.2) is 42.6 Å². The summed E-state index contributed by atoms with van der Waals surface area (Å²) in [6.07, 6.45) is 1.63. The van der Waals surface area contributed by atoms with Crippen molar-refractivity contribution in [2.45, 2.75) is 13.8 Å². The van der Waals surface area contributed by atoms with Crippen LogP contribution in [-0.4, -0.2) is 24.0 Å². The van der Waals surface area contributed by atoms with Crippen LogP contribution < -0.4 is 10.2 Å². The average Bonchev–Trinajstić information content (AvgIpc) is 2.56. The molecule has 0 spiro atoms. The number of carbonyl (C=O) groups is 1. The van der Waals surface area contributed by atoms with E-state index in [1.54, 1.807) is 36.5 Å². The van der Waals surface area contributed by atoms with Crippen LogP contribution in [0, 0.1) is 11.3 Å². The van der Waals surface area contributed by atoms with Gasteiger partial charge in [0.25, 0.3) is 5.91 Å². The maximum absolute atomic E-state index is 12.3. The number of hydrogen-bond acceptors (Lipinski definition) is 4. The third-order valence-corrected chi connectivity index (χ3v) is 3.35. The fraction of sp³-hybridized carbons (Fsp3) is 0.235. The zero-order chi connectivity index (χ0) is 15.9. The summed E-state index contributed by atoms with van der Waals surface area (Å²) in [5, 5.41) is 11.6. The van der Waals surface area contributed by atoms with Gasteiger partial charge >= 0.3 is 0 Å². The Kier molecular flexibility index (Phi) is 5.10.